The molecule has 0 amide bonds. The van der Waals surface area contributed by atoms with Crippen LogP contribution < -0.4 is 0 Å². The number of hydrogen-bond donors (Lipinski definition) is 1. The van der Waals surface area contributed by atoms with Crippen molar-refractivity contribution < 1.29 is 19.3 Å². The second-order valence-electron chi connectivity index (χ2n) is 3.37. The van der Waals surface area contributed by atoms with Gasteiger partial charge in [0.2, 0.25) is 0 Å². The van der Waals surface area contributed by atoms with Crippen LogP contribution in [0.25, 0.3) is 0 Å². The largest absolute Gasteiger partial charge is 0.388 e. The summed E-state index contributed by atoms with van der Waals surface area (Å²) in [5.41, 5.74) is 0. The number of aliphatic hydroxyl groups is 1. The molecule has 0 aromatic heterocycles. The number of aliphatic hydroxyl groups excluding tert-OH is 1. The minimum Gasteiger partial charge on any atom is -0.388 e. The summed E-state index contributed by atoms with van der Waals surface area (Å²) in [6.07, 6.45) is -1.22. The molecule has 2 aliphatic rings. The summed E-state index contributed by atoms with van der Waals surface area (Å²) in [5, 5.41) is 9.30. The molecule has 0 spiro atoms. The van der Waals surface area contributed by atoms with E-state index in [0.717, 1.165) is 0 Å². The van der Waals surface area contributed by atoms with E-state index in [1.165, 1.54) is 0 Å². The van der Waals surface area contributed by atoms with E-state index in [2.05, 4.69) is 0 Å². The van der Waals surface area contributed by atoms with Gasteiger partial charge in [-0.05, 0) is 13.8 Å². The molecular formula is C7H12O4. The third-order valence-corrected chi connectivity index (χ3v) is 1.90. The van der Waals surface area contributed by atoms with E-state index in [0.29, 0.717) is 6.61 Å². The topological polar surface area (TPSA) is 47.9 Å². The van der Waals surface area contributed by atoms with E-state index in [9.17, 15) is 5.11 Å². The second-order valence-corrected chi connectivity index (χ2v) is 3.37. The van der Waals surface area contributed by atoms with Crippen LogP contribution in [0, 0.1) is 0 Å². The molecule has 0 radical (unpaired) electrons. The molecule has 0 unspecified atom stereocenters. The predicted molar refractivity (Wildman–Crippen MR) is 35.8 cm³/mol. The van der Waals surface area contributed by atoms with Gasteiger partial charge in [-0.15, -0.1) is 0 Å². The smallest absolute Gasteiger partial charge is 0.189 e. The van der Waals surface area contributed by atoms with Gasteiger partial charge in [-0.3, -0.25) is 0 Å². The standard InChI is InChI=1S/C7H12O4/c1-7(2)10-5-4(8)3-9-6(5)11-7/h4-6,8H,3H2,1-2H3/t4-,5+,6+/m0/s1. The summed E-state index contributed by atoms with van der Waals surface area (Å²) < 4.78 is 15.9. The van der Waals surface area contributed by atoms with Crippen LogP contribution >= 0.6 is 0 Å². The minimum atomic E-state index is -0.614. The highest BCUT2D eigenvalue weighted by atomic mass is 16.8. The fourth-order valence-electron chi connectivity index (χ4n) is 1.43. The van der Waals surface area contributed by atoms with Crippen molar-refractivity contribution in [3.05, 3.63) is 0 Å². The molecule has 11 heavy (non-hydrogen) atoms. The normalized spacial score (nSPS) is 47.7. The second kappa shape index (κ2) is 2.17. The quantitative estimate of drug-likeness (QED) is 0.535. The molecule has 0 aromatic rings. The Hall–Kier alpha value is -0.160. The third kappa shape index (κ3) is 1.16. The molecular weight excluding hydrogens is 148 g/mol. The number of rotatable bonds is 0. The van der Waals surface area contributed by atoms with Gasteiger partial charge in [0, 0.05) is 0 Å². The molecule has 2 heterocycles. The molecule has 0 aromatic carbocycles. The number of hydrogen-bond acceptors (Lipinski definition) is 4. The fourth-order valence-corrected chi connectivity index (χ4v) is 1.43. The summed E-state index contributed by atoms with van der Waals surface area (Å²) >= 11 is 0. The van der Waals surface area contributed by atoms with Crippen molar-refractivity contribution in [1.82, 2.24) is 0 Å². The van der Waals surface area contributed by atoms with Gasteiger partial charge in [0.15, 0.2) is 12.1 Å². The molecule has 1 N–H and O–H groups in total. The van der Waals surface area contributed by atoms with Crippen LogP contribution in [0.4, 0.5) is 0 Å². The zero-order valence-electron chi connectivity index (χ0n) is 6.61. The molecule has 3 atom stereocenters. The summed E-state index contributed by atoms with van der Waals surface area (Å²) in [6.45, 7) is 3.92. The van der Waals surface area contributed by atoms with E-state index >= 15 is 0 Å². The van der Waals surface area contributed by atoms with Crippen LogP contribution in [0.1, 0.15) is 13.8 Å². The predicted octanol–water partition coefficient (Wildman–Crippen LogP) is -0.145. The van der Waals surface area contributed by atoms with E-state index < -0.39 is 11.9 Å². The Morgan fingerprint density at radius 3 is 2.73 bits per heavy atom. The van der Waals surface area contributed by atoms with E-state index in [1.54, 1.807) is 13.8 Å². The number of fused-ring (bicyclic) bond motifs is 1. The summed E-state index contributed by atoms with van der Waals surface area (Å²) in [5.74, 6) is -0.614. The Morgan fingerprint density at radius 2 is 2.09 bits per heavy atom. The SMILES string of the molecule is CC1(C)O[C@H]2OC[C@H](O)[C@H]2O1. The molecule has 4 heteroatoms. The lowest BCUT2D eigenvalue weighted by atomic mass is 10.2. The summed E-state index contributed by atoms with van der Waals surface area (Å²) in [4.78, 5) is 0. The lowest BCUT2D eigenvalue weighted by Crippen LogP contribution is -2.29. The summed E-state index contributed by atoms with van der Waals surface area (Å²) in [7, 11) is 0. The Kier molecular flexibility index (Phi) is 1.47. The molecule has 2 fully saturated rings. The van der Waals surface area contributed by atoms with Crippen molar-refractivity contribution in [3.8, 4) is 0 Å². The average molecular weight is 160 g/mol. The first kappa shape index (κ1) is 7.49. The summed E-state index contributed by atoms with van der Waals surface area (Å²) in [6, 6.07) is 0. The molecule has 0 aliphatic carbocycles. The van der Waals surface area contributed by atoms with Crippen molar-refractivity contribution in [1.29, 1.82) is 0 Å². The molecule has 2 aliphatic heterocycles. The van der Waals surface area contributed by atoms with Crippen molar-refractivity contribution in [2.45, 2.75) is 38.1 Å². The van der Waals surface area contributed by atoms with Crippen LogP contribution in [0.3, 0.4) is 0 Å². The fraction of sp³-hybridized carbons (Fsp3) is 1.00. The maximum Gasteiger partial charge on any atom is 0.189 e. The Morgan fingerprint density at radius 1 is 1.36 bits per heavy atom. The highest BCUT2D eigenvalue weighted by Crippen LogP contribution is 2.34. The first-order valence-electron chi connectivity index (χ1n) is 3.74. The van der Waals surface area contributed by atoms with Gasteiger partial charge in [0.1, 0.15) is 12.2 Å². The molecule has 0 bridgehead atoms. The van der Waals surface area contributed by atoms with Crippen molar-refractivity contribution in [3.63, 3.8) is 0 Å². The van der Waals surface area contributed by atoms with Gasteiger partial charge in [-0.2, -0.15) is 0 Å². The zero-order valence-corrected chi connectivity index (χ0v) is 6.61. The molecule has 64 valence electrons. The minimum absolute atomic E-state index is 0.301. The monoisotopic (exact) mass is 160 g/mol. The lowest BCUT2D eigenvalue weighted by Gasteiger charge is -2.18. The van der Waals surface area contributed by atoms with Crippen molar-refractivity contribution >= 4 is 0 Å². The van der Waals surface area contributed by atoms with Crippen LogP contribution in [-0.4, -0.2) is 36.0 Å². The van der Waals surface area contributed by atoms with E-state index in [4.69, 9.17) is 14.2 Å². The highest BCUT2D eigenvalue weighted by Gasteiger charge is 2.49. The van der Waals surface area contributed by atoms with Gasteiger partial charge in [-0.25, -0.2) is 0 Å². The van der Waals surface area contributed by atoms with Crippen molar-refractivity contribution in [2.75, 3.05) is 6.61 Å². The first-order valence-corrected chi connectivity index (χ1v) is 3.74. The van der Waals surface area contributed by atoms with Crippen molar-refractivity contribution in [2.24, 2.45) is 0 Å². The molecule has 2 saturated heterocycles. The molecule has 2 rings (SSSR count). The van der Waals surface area contributed by atoms with E-state index in [1.807, 2.05) is 0 Å². The van der Waals surface area contributed by atoms with Gasteiger partial charge in [0.05, 0.1) is 6.61 Å². The van der Waals surface area contributed by atoms with Gasteiger partial charge < -0.3 is 19.3 Å². The average Bonchev–Trinajstić information content (AvgIpc) is 2.31. The van der Waals surface area contributed by atoms with Crippen LogP contribution in [0.2, 0.25) is 0 Å². The maximum atomic E-state index is 9.30. The highest BCUT2D eigenvalue weighted by molar-refractivity contribution is 4.86. The van der Waals surface area contributed by atoms with Gasteiger partial charge >= 0.3 is 0 Å². The van der Waals surface area contributed by atoms with Crippen LogP contribution in [0.15, 0.2) is 0 Å². The third-order valence-electron chi connectivity index (χ3n) is 1.90. The zero-order chi connectivity index (χ0) is 8.06. The van der Waals surface area contributed by atoms with Crippen LogP contribution in [-0.2, 0) is 14.2 Å². The van der Waals surface area contributed by atoms with Gasteiger partial charge in [0.25, 0.3) is 0 Å². The lowest BCUT2D eigenvalue weighted by molar-refractivity contribution is -0.200. The Balaban J connectivity index is 2.10. The maximum absolute atomic E-state index is 9.30. The molecule has 4 nitrogen and oxygen atoms in total. The van der Waals surface area contributed by atoms with Crippen LogP contribution in [0.5, 0.6) is 0 Å². The Bertz CT molecular complexity index is 168. The molecule has 0 saturated carbocycles. The van der Waals surface area contributed by atoms with Gasteiger partial charge in [-0.1, -0.05) is 0 Å². The Labute approximate surface area is 65.1 Å². The van der Waals surface area contributed by atoms with E-state index in [-0.39, 0.29) is 12.4 Å². The first-order chi connectivity index (χ1) is 5.08. The number of ether oxygens (including phenoxy) is 3.